The predicted octanol–water partition coefficient (Wildman–Crippen LogP) is 5.25. The molecule has 1 amide bonds. The first-order valence-electron chi connectivity index (χ1n) is 12.0. The molecule has 2 bridgehead atoms. The molecular weight excluding hydrogens is 461 g/mol. The van der Waals surface area contributed by atoms with Crippen LogP contribution in [0.25, 0.3) is 11.1 Å². The zero-order valence-corrected chi connectivity index (χ0v) is 19.8. The van der Waals surface area contributed by atoms with Crippen LogP contribution in [0.2, 0.25) is 0 Å². The number of carbonyl (C=O) groups is 2. The van der Waals surface area contributed by atoms with Crippen LogP contribution in [0.1, 0.15) is 41.9 Å². The zero-order valence-electron chi connectivity index (χ0n) is 19.8. The fraction of sp³-hybridized carbons (Fsp3) is 0.310. The molecule has 2 N–H and O–H groups in total. The Labute approximate surface area is 208 Å². The second-order valence-electron chi connectivity index (χ2n) is 10.3. The lowest BCUT2D eigenvalue weighted by molar-refractivity contribution is -0.183. The summed E-state index contributed by atoms with van der Waals surface area (Å²) in [4.78, 5) is 24.9. The molecule has 0 spiro atoms. The van der Waals surface area contributed by atoms with E-state index in [9.17, 15) is 19.1 Å². The fourth-order valence-corrected chi connectivity index (χ4v) is 6.75. The quantitative estimate of drug-likeness (QED) is 0.476. The minimum atomic E-state index is -1.10. The Hall–Kier alpha value is -3.87. The van der Waals surface area contributed by atoms with E-state index < -0.39 is 23.5 Å². The summed E-state index contributed by atoms with van der Waals surface area (Å²) < 4.78 is 25.3. The first kappa shape index (κ1) is 22.6. The molecule has 1 atom stereocenters. The first-order chi connectivity index (χ1) is 17.4. The Morgan fingerprint density at radius 2 is 1.64 bits per heavy atom. The highest BCUT2D eigenvalue weighted by Crippen LogP contribution is 2.75. The van der Waals surface area contributed by atoms with E-state index in [1.807, 2.05) is 36.4 Å². The number of amides is 1. The summed E-state index contributed by atoms with van der Waals surface area (Å²) in [5, 5.41) is 12.5. The van der Waals surface area contributed by atoms with Crippen molar-refractivity contribution >= 4 is 12.1 Å². The van der Waals surface area contributed by atoms with Gasteiger partial charge in [-0.05, 0) is 53.1 Å². The molecule has 36 heavy (non-hydrogen) atoms. The van der Waals surface area contributed by atoms with Crippen LogP contribution >= 0.6 is 0 Å². The van der Waals surface area contributed by atoms with Crippen LogP contribution in [0.4, 0.5) is 9.18 Å². The maximum Gasteiger partial charge on any atom is 0.407 e. The standard InChI is InChI=1S/C29H26FNO5/c1-35-17-10-11-23(24(30)12-17)28-14-29(15-28,16-28)25(26(32)33)31-27(34)36-13-22-20-8-4-2-6-18(20)19-7-3-5-9-21(19)22/h2-12,22,25H,13-16H2,1H3,(H,31,34)(H,32,33). The van der Waals surface area contributed by atoms with E-state index in [1.54, 1.807) is 12.1 Å². The molecule has 0 radical (unpaired) electrons. The third-order valence-electron chi connectivity index (χ3n) is 8.28. The Balaban J connectivity index is 1.12. The molecule has 6 nitrogen and oxygen atoms in total. The molecule has 3 aromatic carbocycles. The normalized spacial score (nSPS) is 23.9. The van der Waals surface area contributed by atoms with Crippen LogP contribution in [0, 0.1) is 11.2 Å². The molecule has 0 aliphatic heterocycles. The molecule has 0 heterocycles. The van der Waals surface area contributed by atoms with E-state index in [0.29, 0.717) is 30.6 Å². The molecule has 3 aromatic rings. The number of carboxylic acids is 1. The highest BCUT2D eigenvalue weighted by molar-refractivity contribution is 5.82. The largest absolute Gasteiger partial charge is 0.497 e. The van der Waals surface area contributed by atoms with Crippen LogP contribution in [0.3, 0.4) is 0 Å². The van der Waals surface area contributed by atoms with Crippen molar-refractivity contribution in [3.05, 3.63) is 89.2 Å². The highest BCUT2D eigenvalue weighted by Gasteiger charge is 2.73. The van der Waals surface area contributed by atoms with Crippen LogP contribution < -0.4 is 10.1 Å². The number of halogens is 1. The van der Waals surface area contributed by atoms with Crippen molar-refractivity contribution in [3.63, 3.8) is 0 Å². The maximum atomic E-state index is 14.6. The molecule has 0 saturated heterocycles. The minimum Gasteiger partial charge on any atom is -0.497 e. The minimum absolute atomic E-state index is 0.109. The first-order valence-corrected chi connectivity index (χ1v) is 12.0. The number of carbonyl (C=O) groups excluding carboxylic acids is 1. The summed E-state index contributed by atoms with van der Waals surface area (Å²) in [5.74, 6) is -1.12. The lowest BCUT2D eigenvalue weighted by atomic mass is 9.31. The Morgan fingerprint density at radius 3 is 2.19 bits per heavy atom. The van der Waals surface area contributed by atoms with Gasteiger partial charge < -0.3 is 19.9 Å². The number of alkyl carbamates (subject to hydrolysis) is 1. The van der Waals surface area contributed by atoms with Crippen molar-refractivity contribution in [2.75, 3.05) is 13.7 Å². The molecule has 3 fully saturated rings. The number of hydrogen-bond donors (Lipinski definition) is 2. The number of ether oxygens (including phenoxy) is 2. The summed E-state index contributed by atoms with van der Waals surface area (Å²) in [5.41, 5.74) is 4.02. The molecule has 3 saturated carbocycles. The average Bonchev–Trinajstić information content (AvgIpc) is 3.15. The van der Waals surface area contributed by atoms with Gasteiger partial charge in [0.15, 0.2) is 0 Å². The Morgan fingerprint density at radius 1 is 1.03 bits per heavy atom. The third-order valence-corrected chi connectivity index (χ3v) is 8.28. The molecule has 4 aliphatic rings. The van der Waals surface area contributed by atoms with Crippen LogP contribution in [0.5, 0.6) is 5.75 Å². The second kappa shape index (κ2) is 8.08. The van der Waals surface area contributed by atoms with Gasteiger partial charge in [0.1, 0.15) is 24.2 Å². The lowest BCUT2D eigenvalue weighted by Crippen LogP contribution is -2.73. The molecule has 1 unspecified atom stereocenters. The van der Waals surface area contributed by atoms with Gasteiger partial charge in [0.2, 0.25) is 0 Å². The number of methoxy groups -OCH3 is 1. The van der Waals surface area contributed by atoms with Gasteiger partial charge in [-0.1, -0.05) is 54.6 Å². The van der Waals surface area contributed by atoms with Crippen molar-refractivity contribution < 1.29 is 28.6 Å². The fourth-order valence-electron chi connectivity index (χ4n) is 6.75. The summed E-state index contributed by atoms with van der Waals surface area (Å²) in [6, 6.07) is 19.8. The zero-order chi connectivity index (χ0) is 25.1. The topological polar surface area (TPSA) is 84.9 Å². The lowest BCUT2D eigenvalue weighted by Gasteiger charge is -2.72. The average molecular weight is 488 g/mol. The second-order valence-corrected chi connectivity index (χ2v) is 10.3. The van der Waals surface area contributed by atoms with Crippen LogP contribution in [-0.4, -0.2) is 36.9 Å². The molecule has 184 valence electrons. The van der Waals surface area contributed by atoms with Gasteiger partial charge in [-0.3, -0.25) is 0 Å². The number of nitrogens with one attached hydrogen (secondary N) is 1. The van der Waals surface area contributed by atoms with E-state index in [0.717, 1.165) is 22.3 Å². The van der Waals surface area contributed by atoms with Gasteiger partial charge in [0.25, 0.3) is 0 Å². The van der Waals surface area contributed by atoms with Crippen molar-refractivity contribution in [2.45, 2.75) is 36.6 Å². The Kier molecular flexibility index (Phi) is 5.07. The van der Waals surface area contributed by atoms with Gasteiger partial charge in [-0.2, -0.15) is 0 Å². The number of carboxylic acid groups (broad SMARTS) is 1. The van der Waals surface area contributed by atoms with Crippen LogP contribution in [0.15, 0.2) is 66.7 Å². The molecule has 7 heteroatoms. The molecule has 7 rings (SSSR count). The van der Waals surface area contributed by atoms with Crippen molar-refractivity contribution in [1.29, 1.82) is 0 Å². The Bertz CT molecular complexity index is 1320. The third kappa shape index (κ3) is 3.29. The van der Waals surface area contributed by atoms with Crippen molar-refractivity contribution in [3.8, 4) is 16.9 Å². The summed E-state index contributed by atoms with van der Waals surface area (Å²) in [7, 11) is 1.48. The number of rotatable bonds is 7. The summed E-state index contributed by atoms with van der Waals surface area (Å²) in [6.07, 6.45) is 0.760. The summed E-state index contributed by atoms with van der Waals surface area (Å²) in [6.45, 7) is 0.111. The van der Waals surface area contributed by atoms with E-state index in [2.05, 4.69) is 17.4 Å². The maximum absolute atomic E-state index is 14.6. The van der Waals surface area contributed by atoms with Gasteiger partial charge in [0.05, 0.1) is 7.11 Å². The van der Waals surface area contributed by atoms with Gasteiger partial charge in [-0.25, -0.2) is 14.0 Å². The number of hydrogen-bond acceptors (Lipinski definition) is 4. The van der Waals surface area contributed by atoms with E-state index in [1.165, 1.54) is 13.2 Å². The van der Waals surface area contributed by atoms with E-state index in [4.69, 9.17) is 9.47 Å². The molecule has 4 aliphatic carbocycles. The molecular formula is C29H26FNO5. The number of aliphatic carboxylic acids is 1. The molecule has 0 aromatic heterocycles. The van der Waals surface area contributed by atoms with Gasteiger partial charge in [0, 0.05) is 22.8 Å². The monoisotopic (exact) mass is 487 g/mol. The number of benzene rings is 3. The van der Waals surface area contributed by atoms with Gasteiger partial charge >= 0.3 is 12.1 Å². The smallest absolute Gasteiger partial charge is 0.407 e. The van der Waals surface area contributed by atoms with Crippen LogP contribution in [-0.2, 0) is 14.9 Å². The predicted molar refractivity (Wildman–Crippen MR) is 131 cm³/mol. The number of fused-ring (bicyclic) bond motifs is 3. The van der Waals surface area contributed by atoms with E-state index in [-0.39, 0.29) is 23.8 Å². The highest BCUT2D eigenvalue weighted by atomic mass is 19.1. The van der Waals surface area contributed by atoms with Crippen molar-refractivity contribution in [2.24, 2.45) is 5.41 Å². The van der Waals surface area contributed by atoms with Crippen molar-refractivity contribution in [1.82, 2.24) is 5.32 Å². The SMILES string of the molecule is COc1ccc(C23CC(C(NC(=O)OCC4c5ccccc5-c5ccccc54)C(=O)O)(C2)C3)c(F)c1. The van der Waals surface area contributed by atoms with Gasteiger partial charge in [-0.15, -0.1) is 0 Å². The van der Waals surface area contributed by atoms with E-state index >= 15 is 0 Å². The summed E-state index contributed by atoms with van der Waals surface area (Å²) >= 11 is 0.